The van der Waals surface area contributed by atoms with Crippen molar-refractivity contribution in [2.45, 2.75) is 19.3 Å². The van der Waals surface area contributed by atoms with Crippen LogP contribution in [-0.4, -0.2) is 0 Å². The van der Waals surface area contributed by atoms with E-state index in [-0.39, 0.29) is 5.41 Å². The van der Waals surface area contributed by atoms with Crippen molar-refractivity contribution in [3.8, 4) is 11.1 Å². The zero-order valence-corrected chi connectivity index (χ0v) is 32.2. The van der Waals surface area contributed by atoms with Crippen LogP contribution in [0.3, 0.4) is 0 Å². The van der Waals surface area contributed by atoms with E-state index in [1.165, 1.54) is 62.6 Å². The number of thiophene rings is 2. The van der Waals surface area contributed by atoms with Gasteiger partial charge in [0.2, 0.25) is 0 Å². The first-order valence-corrected chi connectivity index (χ1v) is 20.5. The van der Waals surface area contributed by atoms with Crippen LogP contribution in [0.5, 0.6) is 0 Å². The Bertz CT molecular complexity index is 2870. The second kappa shape index (κ2) is 12.4. The molecule has 2 aromatic heterocycles. The van der Waals surface area contributed by atoms with Crippen LogP contribution in [0.2, 0.25) is 0 Å². The Hall–Kier alpha value is -6.20. The molecule has 0 radical (unpaired) electrons. The molecule has 2 heterocycles. The largest absolute Gasteiger partial charge is 0.310 e. The van der Waals surface area contributed by atoms with Crippen molar-refractivity contribution in [2.75, 3.05) is 9.80 Å². The average molecular weight is 741 g/mol. The number of benzene rings is 8. The molecular formula is C51H36N2S2. The lowest BCUT2D eigenvalue weighted by molar-refractivity contribution is 0.660. The third kappa shape index (κ3) is 5.13. The van der Waals surface area contributed by atoms with E-state index in [0.29, 0.717) is 0 Å². The zero-order chi connectivity index (χ0) is 36.7. The SMILES string of the molecule is CC1(C)c2cc(N(c3ccccc3)c3ccc4c(c3)sc3ccccc34)ccc2-c2ccc(N(c3ccccc3)c3ccc4c(c3)sc3ccccc34)cc21. The van der Waals surface area contributed by atoms with E-state index >= 15 is 0 Å². The third-order valence-electron chi connectivity index (χ3n) is 11.4. The lowest BCUT2D eigenvalue weighted by atomic mass is 9.82. The Balaban J connectivity index is 1.02. The highest BCUT2D eigenvalue weighted by molar-refractivity contribution is 7.26. The molecule has 11 rings (SSSR count). The van der Waals surface area contributed by atoms with Gasteiger partial charge in [-0.05, 0) is 107 Å². The number of fused-ring (bicyclic) bond motifs is 9. The summed E-state index contributed by atoms with van der Waals surface area (Å²) in [4.78, 5) is 4.83. The van der Waals surface area contributed by atoms with Gasteiger partial charge in [0.25, 0.3) is 0 Å². The van der Waals surface area contributed by atoms with E-state index in [1.807, 2.05) is 22.7 Å². The highest BCUT2D eigenvalue weighted by Gasteiger charge is 2.37. The minimum absolute atomic E-state index is 0.216. The smallest absolute Gasteiger partial charge is 0.0476 e. The summed E-state index contributed by atoms with van der Waals surface area (Å²) < 4.78 is 5.25. The van der Waals surface area contributed by atoms with E-state index in [9.17, 15) is 0 Å². The van der Waals surface area contributed by atoms with Crippen molar-refractivity contribution in [1.29, 1.82) is 0 Å². The maximum atomic E-state index is 2.43. The number of nitrogens with zero attached hydrogens (tertiary/aromatic N) is 2. The molecule has 8 aromatic carbocycles. The van der Waals surface area contributed by atoms with Crippen LogP contribution in [0.4, 0.5) is 34.1 Å². The van der Waals surface area contributed by atoms with E-state index < -0.39 is 0 Å². The van der Waals surface area contributed by atoms with Crippen LogP contribution in [-0.2, 0) is 5.41 Å². The maximum Gasteiger partial charge on any atom is 0.0476 e. The summed E-state index contributed by atoms with van der Waals surface area (Å²) in [6.07, 6.45) is 0. The minimum Gasteiger partial charge on any atom is -0.310 e. The van der Waals surface area contributed by atoms with Gasteiger partial charge in [0.1, 0.15) is 0 Å². The third-order valence-corrected chi connectivity index (χ3v) is 13.7. The summed E-state index contributed by atoms with van der Waals surface area (Å²) in [5.41, 5.74) is 12.0. The molecule has 1 aliphatic rings. The van der Waals surface area contributed by atoms with Gasteiger partial charge < -0.3 is 9.80 Å². The Labute approximate surface area is 328 Å². The Morgan fingerprint density at radius 1 is 0.327 bits per heavy atom. The Morgan fingerprint density at radius 2 is 0.691 bits per heavy atom. The summed E-state index contributed by atoms with van der Waals surface area (Å²) >= 11 is 3.73. The Morgan fingerprint density at radius 3 is 1.15 bits per heavy atom. The molecule has 0 saturated heterocycles. The summed E-state index contributed by atoms with van der Waals surface area (Å²) in [5, 5.41) is 5.27. The van der Waals surface area contributed by atoms with Crippen molar-refractivity contribution in [3.05, 3.63) is 193 Å². The molecule has 0 bridgehead atoms. The van der Waals surface area contributed by atoms with Gasteiger partial charge in [0.15, 0.2) is 0 Å². The first-order chi connectivity index (χ1) is 27.0. The molecular weight excluding hydrogens is 705 g/mol. The topological polar surface area (TPSA) is 6.48 Å². The van der Waals surface area contributed by atoms with Crippen molar-refractivity contribution in [2.24, 2.45) is 0 Å². The number of rotatable bonds is 6. The highest BCUT2D eigenvalue weighted by atomic mass is 32.1. The van der Waals surface area contributed by atoms with E-state index in [1.54, 1.807) is 0 Å². The molecule has 0 N–H and O–H groups in total. The highest BCUT2D eigenvalue weighted by Crippen LogP contribution is 2.53. The van der Waals surface area contributed by atoms with Gasteiger partial charge in [0, 0.05) is 79.9 Å². The van der Waals surface area contributed by atoms with Crippen LogP contribution in [0.25, 0.3) is 51.5 Å². The summed E-state index contributed by atoms with van der Waals surface area (Å²) in [6, 6.07) is 67.0. The van der Waals surface area contributed by atoms with Crippen LogP contribution in [0.1, 0.15) is 25.0 Å². The fraction of sp³-hybridized carbons (Fsp3) is 0.0588. The molecule has 0 fully saturated rings. The van der Waals surface area contributed by atoms with Gasteiger partial charge in [0.05, 0.1) is 0 Å². The van der Waals surface area contributed by atoms with E-state index in [0.717, 1.165) is 34.1 Å². The number of hydrogen-bond acceptors (Lipinski definition) is 4. The van der Waals surface area contributed by atoms with Gasteiger partial charge in [-0.1, -0.05) is 111 Å². The van der Waals surface area contributed by atoms with Crippen LogP contribution < -0.4 is 9.80 Å². The van der Waals surface area contributed by atoms with Crippen molar-refractivity contribution in [1.82, 2.24) is 0 Å². The summed E-state index contributed by atoms with van der Waals surface area (Å²) in [7, 11) is 0. The molecule has 262 valence electrons. The predicted octanol–water partition coefficient (Wildman–Crippen LogP) is 15.7. The van der Waals surface area contributed by atoms with E-state index in [4.69, 9.17) is 0 Å². The van der Waals surface area contributed by atoms with Gasteiger partial charge in [-0.25, -0.2) is 0 Å². The number of hydrogen-bond donors (Lipinski definition) is 0. The fourth-order valence-electron chi connectivity index (χ4n) is 8.75. The molecule has 1 aliphatic carbocycles. The zero-order valence-electron chi connectivity index (χ0n) is 30.5. The summed E-state index contributed by atoms with van der Waals surface area (Å²) in [5.74, 6) is 0. The molecule has 0 aliphatic heterocycles. The quantitative estimate of drug-likeness (QED) is 0.167. The molecule has 55 heavy (non-hydrogen) atoms. The normalized spacial score (nSPS) is 13.1. The van der Waals surface area contributed by atoms with Crippen molar-refractivity contribution < 1.29 is 0 Å². The monoisotopic (exact) mass is 740 g/mol. The molecule has 0 saturated carbocycles. The van der Waals surface area contributed by atoms with Crippen LogP contribution in [0, 0.1) is 0 Å². The van der Waals surface area contributed by atoms with Gasteiger partial charge in [-0.15, -0.1) is 22.7 Å². The molecule has 0 unspecified atom stereocenters. The molecule has 10 aromatic rings. The minimum atomic E-state index is -0.216. The second-order valence-corrected chi connectivity index (χ2v) is 17.2. The lowest BCUT2D eigenvalue weighted by Gasteiger charge is -2.29. The van der Waals surface area contributed by atoms with Crippen molar-refractivity contribution >= 4 is 97.1 Å². The standard InChI is InChI=1S/C51H36N2S2/c1-51(2)45-29-35(52(33-13-5-3-6-14-33)37-23-27-43-41-17-9-11-19-47(41)54-49(43)31-37)21-25-39(45)40-26-22-36(30-46(40)51)53(34-15-7-4-8-16-34)38-24-28-44-42-18-10-12-20-48(42)55-50(44)32-38/h3-32H,1-2H3. The molecule has 4 heteroatoms. The first-order valence-electron chi connectivity index (χ1n) is 18.8. The number of anilines is 6. The van der Waals surface area contributed by atoms with Crippen LogP contribution in [0.15, 0.2) is 182 Å². The van der Waals surface area contributed by atoms with Gasteiger partial charge in [-0.3, -0.25) is 0 Å². The van der Waals surface area contributed by atoms with E-state index in [2.05, 4.69) is 206 Å². The maximum absolute atomic E-state index is 2.43. The second-order valence-electron chi connectivity index (χ2n) is 15.0. The van der Waals surface area contributed by atoms with Crippen molar-refractivity contribution in [3.63, 3.8) is 0 Å². The predicted molar refractivity (Wildman–Crippen MR) is 239 cm³/mol. The number of para-hydroxylation sites is 2. The average Bonchev–Trinajstić information content (AvgIpc) is 3.86. The molecule has 0 atom stereocenters. The van der Waals surface area contributed by atoms with Gasteiger partial charge in [-0.2, -0.15) is 0 Å². The molecule has 0 spiro atoms. The molecule has 0 amide bonds. The van der Waals surface area contributed by atoms with Gasteiger partial charge >= 0.3 is 0 Å². The molecule has 2 nitrogen and oxygen atoms in total. The fourth-order valence-corrected chi connectivity index (χ4v) is 11.0. The lowest BCUT2D eigenvalue weighted by Crippen LogP contribution is -2.17. The Kier molecular flexibility index (Phi) is 7.28. The summed E-state index contributed by atoms with van der Waals surface area (Å²) in [6.45, 7) is 4.77. The first kappa shape index (κ1) is 32.2. The van der Waals surface area contributed by atoms with Crippen LogP contribution >= 0.6 is 22.7 Å².